The number of hydrogen-bond acceptors (Lipinski definition) is 4. The van der Waals surface area contributed by atoms with E-state index in [0.29, 0.717) is 30.3 Å². The molecule has 1 aromatic carbocycles. The molecule has 2 aromatic rings. The molecule has 1 aliphatic carbocycles. The molecule has 1 aromatic heterocycles. The topological polar surface area (TPSA) is 82.4 Å². The van der Waals surface area contributed by atoms with Crippen LogP contribution in [-0.2, 0) is 0 Å². The molecule has 1 heterocycles. The Morgan fingerprint density at radius 3 is 2.75 bits per heavy atom. The maximum absolute atomic E-state index is 12.4. The van der Waals surface area contributed by atoms with Gasteiger partial charge < -0.3 is 20.6 Å². The number of carbonyl (C=O) groups excluding carboxylic acids is 1. The fraction of sp³-hybridized carbons (Fsp3) is 0.417. The molecular formula is C24H32BrN5O2. The Balaban J connectivity index is 1.62. The second-order valence-electron chi connectivity index (χ2n) is 8.19. The van der Waals surface area contributed by atoms with Crippen LogP contribution in [0.4, 0.5) is 4.79 Å². The third-order valence-electron chi connectivity index (χ3n) is 5.74. The quantitative estimate of drug-likeness (QED) is 0.342. The summed E-state index contributed by atoms with van der Waals surface area (Å²) >= 11 is 3.51. The van der Waals surface area contributed by atoms with Crippen molar-refractivity contribution in [3.8, 4) is 5.75 Å². The molecule has 0 aliphatic heterocycles. The van der Waals surface area contributed by atoms with Crippen molar-refractivity contribution in [2.24, 2.45) is 0 Å². The molecule has 2 amide bonds. The highest BCUT2D eigenvalue weighted by Crippen LogP contribution is 2.26. The Bertz CT molecular complexity index is 979. The van der Waals surface area contributed by atoms with E-state index in [4.69, 9.17) is 0 Å². The zero-order chi connectivity index (χ0) is 23.1. The number of allylic oxidation sites excluding steroid dienone is 2. The lowest BCUT2D eigenvalue weighted by molar-refractivity contribution is 0.204. The maximum Gasteiger partial charge on any atom is 0.317 e. The first-order chi connectivity index (χ1) is 15.4. The van der Waals surface area contributed by atoms with Crippen LogP contribution in [0, 0.1) is 6.92 Å². The van der Waals surface area contributed by atoms with Gasteiger partial charge in [-0.2, -0.15) is 5.10 Å². The van der Waals surface area contributed by atoms with Crippen LogP contribution in [0.25, 0.3) is 11.4 Å². The van der Waals surface area contributed by atoms with Crippen LogP contribution in [0.1, 0.15) is 43.4 Å². The minimum absolute atomic E-state index is 0.00699. The average Bonchev–Trinajstić information content (AvgIpc) is 3.40. The number of aromatic nitrogens is 2. The van der Waals surface area contributed by atoms with Gasteiger partial charge in [-0.3, -0.25) is 0 Å². The molecule has 8 heteroatoms. The van der Waals surface area contributed by atoms with Crippen LogP contribution >= 0.6 is 15.9 Å². The summed E-state index contributed by atoms with van der Waals surface area (Å²) in [5, 5.41) is 21.1. The van der Waals surface area contributed by atoms with Gasteiger partial charge in [-0.05, 0) is 59.8 Å². The van der Waals surface area contributed by atoms with Crippen molar-refractivity contribution >= 4 is 33.4 Å². The van der Waals surface area contributed by atoms with Crippen molar-refractivity contribution in [2.45, 2.75) is 45.1 Å². The molecule has 0 unspecified atom stereocenters. The molecular weight excluding hydrogens is 470 g/mol. The molecule has 0 radical (unpaired) electrons. The summed E-state index contributed by atoms with van der Waals surface area (Å²) in [5.41, 5.74) is 2.28. The van der Waals surface area contributed by atoms with Gasteiger partial charge in [0, 0.05) is 31.7 Å². The predicted octanol–water partition coefficient (Wildman–Crippen LogP) is 4.74. The van der Waals surface area contributed by atoms with Crippen LogP contribution in [-0.4, -0.2) is 52.0 Å². The number of aromatic hydroxyl groups is 1. The summed E-state index contributed by atoms with van der Waals surface area (Å²) in [7, 11) is 1.83. The SMILES string of the molecule is C=C(/C=C(/NCCCN(C)C(=O)NC1CCCC1)n1ncc(Br)c1C)c1ccccc1O. The smallest absolute Gasteiger partial charge is 0.317 e. The molecule has 0 saturated heterocycles. The van der Waals surface area contributed by atoms with E-state index in [1.165, 1.54) is 12.8 Å². The normalized spacial score (nSPS) is 14.4. The van der Waals surface area contributed by atoms with Crippen molar-refractivity contribution in [2.75, 3.05) is 20.1 Å². The van der Waals surface area contributed by atoms with E-state index < -0.39 is 0 Å². The van der Waals surface area contributed by atoms with E-state index in [0.717, 1.165) is 35.3 Å². The zero-order valence-electron chi connectivity index (χ0n) is 18.8. The molecule has 172 valence electrons. The van der Waals surface area contributed by atoms with Gasteiger partial charge in [0.05, 0.1) is 16.4 Å². The van der Waals surface area contributed by atoms with E-state index in [1.54, 1.807) is 27.9 Å². The summed E-state index contributed by atoms with van der Waals surface area (Å²) < 4.78 is 2.70. The Hall–Kier alpha value is -2.74. The molecule has 32 heavy (non-hydrogen) atoms. The third-order valence-corrected chi connectivity index (χ3v) is 6.52. The fourth-order valence-corrected chi connectivity index (χ4v) is 4.06. The van der Waals surface area contributed by atoms with Gasteiger partial charge in [0.25, 0.3) is 0 Å². The van der Waals surface area contributed by atoms with Crippen LogP contribution in [0.2, 0.25) is 0 Å². The predicted molar refractivity (Wildman–Crippen MR) is 132 cm³/mol. The minimum atomic E-state index is -0.00699. The lowest BCUT2D eigenvalue weighted by Crippen LogP contribution is -2.42. The summed E-state index contributed by atoms with van der Waals surface area (Å²) in [6, 6.07) is 7.43. The summed E-state index contributed by atoms with van der Waals surface area (Å²) in [6.45, 7) is 7.38. The van der Waals surface area contributed by atoms with E-state index >= 15 is 0 Å². The molecule has 0 atom stereocenters. The molecule has 3 rings (SSSR count). The number of nitrogens with one attached hydrogen (secondary N) is 2. The first-order valence-electron chi connectivity index (χ1n) is 11.0. The Labute approximate surface area is 198 Å². The standard InChI is InChI=1S/C24H32BrN5O2/c1-17(20-11-6-7-12-22(20)31)15-23(30-18(2)21(25)16-27-30)26-13-8-14-29(3)24(32)28-19-9-4-5-10-19/h6-7,11-12,15-16,19,26,31H,1,4-5,8-10,13-14H2,2-3H3,(H,28,32)/b23-15-. The Morgan fingerprint density at radius 2 is 2.09 bits per heavy atom. The Kier molecular flexibility index (Phi) is 8.39. The third kappa shape index (κ3) is 6.16. The summed E-state index contributed by atoms with van der Waals surface area (Å²) in [6.07, 6.45) is 8.94. The second kappa shape index (κ2) is 11.2. The lowest BCUT2D eigenvalue weighted by atomic mass is 10.1. The monoisotopic (exact) mass is 501 g/mol. The van der Waals surface area contributed by atoms with Gasteiger partial charge in [0.2, 0.25) is 0 Å². The Morgan fingerprint density at radius 1 is 1.38 bits per heavy atom. The van der Waals surface area contributed by atoms with Crippen molar-refractivity contribution in [3.63, 3.8) is 0 Å². The number of para-hydroxylation sites is 1. The summed E-state index contributed by atoms with van der Waals surface area (Å²) in [5.74, 6) is 0.931. The number of urea groups is 1. The van der Waals surface area contributed by atoms with Crippen molar-refractivity contribution in [1.29, 1.82) is 0 Å². The van der Waals surface area contributed by atoms with Crippen molar-refractivity contribution < 1.29 is 9.90 Å². The van der Waals surface area contributed by atoms with Gasteiger partial charge in [-0.1, -0.05) is 37.6 Å². The number of nitrogens with zero attached hydrogens (tertiary/aromatic N) is 3. The highest BCUT2D eigenvalue weighted by Gasteiger charge is 2.19. The molecule has 7 nitrogen and oxygen atoms in total. The van der Waals surface area contributed by atoms with Gasteiger partial charge in [0.1, 0.15) is 11.6 Å². The minimum Gasteiger partial charge on any atom is -0.507 e. The van der Waals surface area contributed by atoms with Gasteiger partial charge >= 0.3 is 6.03 Å². The van der Waals surface area contributed by atoms with Crippen molar-refractivity contribution in [1.82, 2.24) is 25.3 Å². The molecule has 0 spiro atoms. The van der Waals surface area contributed by atoms with E-state index in [1.807, 2.05) is 32.2 Å². The number of hydrogen-bond donors (Lipinski definition) is 3. The number of phenols is 1. The number of amides is 2. The maximum atomic E-state index is 12.4. The summed E-state index contributed by atoms with van der Waals surface area (Å²) in [4.78, 5) is 14.1. The molecule has 1 fully saturated rings. The largest absolute Gasteiger partial charge is 0.507 e. The average molecular weight is 502 g/mol. The van der Waals surface area contributed by atoms with E-state index in [2.05, 4.69) is 38.2 Å². The zero-order valence-corrected chi connectivity index (χ0v) is 20.4. The number of phenolic OH excluding ortho intramolecular Hbond substituents is 1. The highest BCUT2D eigenvalue weighted by molar-refractivity contribution is 9.10. The lowest BCUT2D eigenvalue weighted by Gasteiger charge is -2.21. The van der Waals surface area contributed by atoms with Gasteiger partial charge in [0.15, 0.2) is 0 Å². The first-order valence-corrected chi connectivity index (χ1v) is 11.8. The number of halogens is 1. The van der Waals surface area contributed by atoms with Gasteiger partial charge in [-0.25, -0.2) is 9.48 Å². The van der Waals surface area contributed by atoms with Crippen LogP contribution in [0.5, 0.6) is 5.75 Å². The van der Waals surface area contributed by atoms with Crippen LogP contribution in [0.15, 0.2) is 47.6 Å². The molecule has 1 saturated carbocycles. The number of carbonyl (C=O) groups is 1. The van der Waals surface area contributed by atoms with Gasteiger partial charge in [-0.15, -0.1) is 0 Å². The fourth-order valence-electron chi connectivity index (χ4n) is 3.80. The number of benzene rings is 1. The van der Waals surface area contributed by atoms with E-state index in [9.17, 15) is 9.90 Å². The molecule has 0 bridgehead atoms. The first kappa shape index (κ1) is 23.9. The van der Waals surface area contributed by atoms with Crippen molar-refractivity contribution in [3.05, 3.63) is 58.8 Å². The second-order valence-corrected chi connectivity index (χ2v) is 9.05. The van der Waals surface area contributed by atoms with Crippen LogP contribution in [0.3, 0.4) is 0 Å². The van der Waals surface area contributed by atoms with E-state index in [-0.39, 0.29) is 11.8 Å². The highest BCUT2D eigenvalue weighted by atomic mass is 79.9. The molecule has 3 N–H and O–H groups in total. The molecule has 1 aliphatic rings. The number of rotatable bonds is 9. The van der Waals surface area contributed by atoms with Crippen LogP contribution < -0.4 is 10.6 Å².